The predicted molar refractivity (Wildman–Crippen MR) is 94.7 cm³/mol. The van der Waals surface area contributed by atoms with Gasteiger partial charge in [0.25, 0.3) is 5.91 Å². The van der Waals surface area contributed by atoms with Gasteiger partial charge in [-0.3, -0.25) is 9.59 Å². The van der Waals surface area contributed by atoms with E-state index in [1.54, 1.807) is 25.1 Å². The van der Waals surface area contributed by atoms with Crippen LogP contribution in [0.3, 0.4) is 0 Å². The lowest BCUT2D eigenvalue weighted by atomic mass is 10.1. The number of nitrogens with one attached hydrogen (secondary N) is 3. The van der Waals surface area contributed by atoms with Crippen LogP contribution in [0, 0.1) is 0 Å². The zero-order chi connectivity index (χ0) is 16.1. The quantitative estimate of drug-likeness (QED) is 0.751. The number of benzene rings is 1. The second-order valence-electron chi connectivity index (χ2n) is 5.33. The molecule has 1 unspecified atom stereocenters. The van der Waals surface area contributed by atoms with Crippen molar-refractivity contribution in [3.05, 3.63) is 33.8 Å². The molecule has 2 rings (SSSR count). The molecule has 1 atom stereocenters. The molecule has 1 heterocycles. The van der Waals surface area contributed by atoms with E-state index in [-0.39, 0.29) is 34.9 Å². The summed E-state index contributed by atoms with van der Waals surface area (Å²) in [5.74, 6) is -0.612. The molecule has 1 saturated heterocycles. The van der Waals surface area contributed by atoms with Crippen LogP contribution in [0.2, 0.25) is 10.0 Å². The summed E-state index contributed by atoms with van der Waals surface area (Å²) in [6.07, 6.45) is 1.79. The van der Waals surface area contributed by atoms with E-state index in [4.69, 9.17) is 23.2 Å². The number of carbonyl (C=O) groups excluding carboxylic acids is 2. The van der Waals surface area contributed by atoms with Crippen molar-refractivity contribution in [2.24, 2.45) is 0 Å². The van der Waals surface area contributed by atoms with Crippen molar-refractivity contribution >= 4 is 47.4 Å². The first-order valence-corrected chi connectivity index (χ1v) is 8.00. The summed E-state index contributed by atoms with van der Waals surface area (Å²) in [5, 5.41) is 9.32. The van der Waals surface area contributed by atoms with Gasteiger partial charge in [-0.25, -0.2) is 0 Å². The summed E-state index contributed by atoms with van der Waals surface area (Å²) in [7, 11) is 0. The Balaban J connectivity index is 0.00000264. The standard InChI is InChI=1S/C15H19Cl2N3O2.ClH/c1-9(14(21)20-10-5-7-18-8-6-10)19-15(22)11-3-2-4-12(16)13(11)17;/h2-4,9-10,18H,5-8H2,1H3,(H,19,22)(H,20,21);1H. The van der Waals surface area contributed by atoms with Gasteiger partial charge in [0.2, 0.25) is 5.91 Å². The van der Waals surface area contributed by atoms with Gasteiger partial charge in [-0.1, -0.05) is 29.3 Å². The van der Waals surface area contributed by atoms with E-state index in [0.717, 1.165) is 25.9 Å². The Morgan fingerprint density at radius 1 is 1.26 bits per heavy atom. The Morgan fingerprint density at radius 2 is 1.91 bits per heavy atom. The molecule has 0 aliphatic carbocycles. The maximum atomic E-state index is 12.2. The van der Waals surface area contributed by atoms with E-state index in [1.807, 2.05) is 0 Å². The van der Waals surface area contributed by atoms with Gasteiger partial charge in [-0.2, -0.15) is 0 Å². The fourth-order valence-corrected chi connectivity index (χ4v) is 2.70. The van der Waals surface area contributed by atoms with Crippen molar-refractivity contribution in [3.63, 3.8) is 0 Å². The van der Waals surface area contributed by atoms with Gasteiger partial charge < -0.3 is 16.0 Å². The SMILES string of the molecule is CC(NC(=O)c1cccc(Cl)c1Cl)C(=O)NC1CCNCC1.Cl. The number of carbonyl (C=O) groups is 2. The second kappa shape index (κ2) is 9.33. The minimum absolute atomic E-state index is 0. The molecule has 2 amide bonds. The highest BCUT2D eigenvalue weighted by Gasteiger charge is 2.22. The molecule has 5 nitrogen and oxygen atoms in total. The third-order valence-corrected chi connectivity index (χ3v) is 4.44. The molecule has 0 bridgehead atoms. The zero-order valence-corrected chi connectivity index (χ0v) is 15.0. The lowest BCUT2D eigenvalue weighted by Gasteiger charge is -2.25. The van der Waals surface area contributed by atoms with Crippen LogP contribution in [0.1, 0.15) is 30.1 Å². The minimum Gasteiger partial charge on any atom is -0.351 e. The van der Waals surface area contributed by atoms with Crippen LogP contribution in [0.4, 0.5) is 0 Å². The van der Waals surface area contributed by atoms with E-state index >= 15 is 0 Å². The summed E-state index contributed by atoms with van der Waals surface area (Å²) in [4.78, 5) is 24.3. The monoisotopic (exact) mass is 379 g/mol. The Hall–Kier alpha value is -1.01. The lowest BCUT2D eigenvalue weighted by molar-refractivity contribution is -0.123. The molecular formula is C15H20Cl3N3O2. The van der Waals surface area contributed by atoms with E-state index in [0.29, 0.717) is 5.02 Å². The maximum absolute atomic E-state index is 12.2. The van der Waals surface area contributed by atoms with Crippen LogP contribution < -0.4 is 16.0 Å². The number of piperidine rings is 1. The first kappa shape index (κ1) is 20.0. The molecular weight excluding hydrogens is 361 g/mol. The van der Waals surface area contributed by atoms with Gasteiger partial charge in [0.05, 0.1) is 15.6 Å². The molecule has 0 spiro atoms. The average molecular weight is 381 g/mol. The number of hydrogen-bond donors (Lipinski definition) is 3. The summed E-state index contributed by atoms with van der Waals surface area (Å²) < 4.78 is 0. The van der Waals surface area contributed by atoms with Crippen molar-refractivity contribution in [1.82, 2.24) is 16.0 Å². The average Bonchev–Trinajstić information content (AvgIpc) is 2.50. The number of hydrogen-bond acceptors (Lipinski definition) is 3. The van der Waals surface area contributed by atoms with Crippen LogP contribution in [0.15, 0.2) is 18.2 Å². The fraction of sp³-hybridized carbons (Fsp3) is 0.467. The first-order valence-electron chi connectivity index (χ1n) is 7.25. The molecule has 23 heavy (non-hydrogen) atoms. The van der Waals surface area contributed by atoms with E-state index < -0.39 is 11.9 Å². The molecule has 1 aliphatic rings. The molecule has 8 heteroatoms. The normalized spacial score (nSPS) is 16.1. The summed E-state index contributed by atoms with van der Waals surface area (Å²) in [6.45, 7) is 3.43. The van der Waals surface area contributed by atoms with Gasteiger partial charge in [0, 0.05) is 6.04 Å². The van der Waals surface area contributed by atoms with Crippen LogP contribution >= 0.6 is 35.6 Å². The molecule has 1 fully saturated rings. The van der Waals surface area contributed by atoms with Crippen LogP contribution in [-0.2, 0) is 4.79 Å². The third kappa shape index (κ3) is 5.53. The van der Waals surface area contributed by atoms with Crippen LogP contribution in [-0.4, -0.2) is 37.0 Å². The first-order chi connectivity index (χ1) is 10.5. The molecule has 3 N–H and O–H groups in total. The van der Waals surface area contributed by atoms with E-state index in [1.165, 1.54) is 0 Å². The topological polar surface area (TPSA) is 70.2 Å². The Kier molecular flexibility index (Phi) is 8.12. The van der Waals surface area contributed by atoms with Crippen LogP contribution in [0.5, 0.6) is 0 Å². The van der Waals surface area contributed by atoms with E-state index in [9.17, 15) is 9.59 Å². The number of amides is 2. The smallest absolute Gasteiger partial charge is 0.253 e. The highest BCUT2D eigenvalue weighted by molar-refractivity contribution is 6.43. The fourth-order valence-electron chi connectivity index (χ4n) is 2.31. The highest BCUT2D eigenvalue weighted by atomic mass is 35.5. The van der Waals surface area contributed by atoms with Crippen LogP contribution in [0.25, 0.3) is 0 Å². The zero-order valence-electron chi connectivity index (χ0n) is 12.7. The molecule has 1 aliphatic heterocycles. The largest absolute Gasteiger partial charge is 0.351 e. The molecule has 128 valence electrons. The summed E-state index contributed by atoms with van der Waals surface area (Å²) in [5.41, 5.74) is 0.260. The van der Waals surface area contributed by atoms with Gasteiger partial charge in [-0.15, -0.1) is 12.4 Å². The Labute approximate surface area is 151 Å². The van der Waals surface area contributed by atoms with Crippen molar-refractivity contribution in [2.75, 3.05) is 13.1 Å². The van der Waals surface area contributed by atoms with Gasteiger partial charge in [0.1, 0.15) is 6.04 Å². The molecule has 1 aromatic carbocycles. The van der Waals surface area contributed by atoms with E-state index in [2.05, 4.69) is 16.0 Å². The van der Waals surface area contributed by atoms with Crippen molar-refractivity contribution < 1.29 is 9.59 Å². The lowest BCUT2D eigenvalue weighted by Crippen LogP contribution is -2.50. The molecule has 0 aromatic heterocycles. The van der Waals surface area contributed by atoms with Crippen molar-refractivity contribution in [3.8, 4) is 0 Å². The van der Waals surface area contributed by atoms with Crippen molar-refractivity contribution in [1.29, 1.82) is 0 Å². The Bertz CT molecular complexity index is 563. The molecule has 1 aromatic rings. The minimum atomic E-state index is -0.641. The van der Waals surface area contributed by atoms with Gasteiger partial charge in [-0.05, 0) is 45.0 Å². The number of halogens is 3. The van der Waals surface area contributed by atoms with Gasteiger partial charge in [0.15, 0.2) is 0 Å². The van der Waals surface area contributed by atoms with Crippen molar-refractivity contribution in [2.45, 2.75) is 31.8 Å². The Morgan fingerprint density at radius 3 is 2.57 bits per heavy atom. The van der Waals surface area contributed by atoms with Gasteiger partial charge >= 0.3 is 0 Å². The second-order valence-corrected chi connectivity index (χ2v) is 6.11. The maximum Gasteiger partial charge on any atom is 0.253 e. The highest BCUT2D eigenvalue weighted by Crippen LogP contribution is 2.25. The predicted octanol–water partition coefficient (Wildman–Crippen LogP) is 2.40. The number of rotatable bonds is 4. The third-order valence-electron chi connectivity index (χ3n) is 3.62. The summed E-state index contributed by atoms with van der Waals surface area (Å²) in [6, 6.07) is 4.33. The molecule has 0 radical (unpaired) electrons. The molecule has 0 saturated carbocycles. The summed E-state index contributed by atoms with van der Waals surface area (Å²) >= 11 is 11.9.